The van der Waals surface area contributed by atoms with Gasteiger partial charge in [-0.25, -0.2) is 9.18 Å². The van der Waals surface area contributed by atoms with Crippen LogP contribution >= 0.6 is 0 Å². The molecule has 0 unspecified atom stereocenters. The second kappa shape index (κ2) is 6.45. The van der Waals surface area contributed by atoms with Gasteiger partial charge >= 0.3 is 5.97 Å². The van der Waals surface area contributed by atoms with Crippen LogP contribution in [0.25, 0.3) is 32.3 Å². The van der Waals surface area contributed by atoms with Gasteiger partial charge in [-0.15, -0.1) is 0 Å². The van der Waals surface area contributed by atoms with Gasteiger partial charge in [-0.3, -0.25) is 0 Å². The standard InChI is InChI=1S/C16H10.C7H5FO2/c1-3-11-7-9-13-5-2-6-14-10-8-12(4-1)15(11)16(13)14;8-6-3-1-2-5(4-6)7(9)10/h1-10H;1-4H,(H,9,10). The van der Waals surface area contributed by atoms with Crippen molar-refractivity contribution < 1.29 is 14.3 Å². The average molecular weight is 342 g/mol. The fourth-order valence-electron chi connectivity index (χ4n) is 3.29. The lowest BCUT2D eigenvalue weighted by Gasteiger charge is -2.09. The molecule has 0 aliphatic carbocycles. The summed E-state index contributed by atoms with van der Waals surface area (Å²) in [6.45, 7) is 0. The quantitative estimate of drug-likeness (QED) is 0.373. The van der Waals surface area contributed by atoms with Crippen molar-refractivity contribution in [3.05, 3.63) is 96.3 Å². The minimum atomic E-state index is -1.11. The van der Waals surface area contributed by atoms with Crippen LogP contribution in [0.1, 0.15) is 10.4 Å². The van der Waals surface area contributed by atoms with Crippen molar-refractivity contribution >= 4 is 38.3 Å². The highest BCUT2D eigenvalue weighted by molar-refractivity contribution is 6.22. The summed E-state index contributed by atoms with van der Waals surface area (Å²) in [5, 5.41) is 16.5. The van der Waals surface area contributed by atoms with E-state index in [9.17, 15) is 9.18 Å². The third-order valence-electron chi connectivity index (χ3n) is 4.46. The van der Waals surface area contributed by atoms with E-state index in [0.29, 0.717) is 0 Å². The summed E-state index contributed by atoms with van der Waals surface area (Å²) in [6.07, 6.45) is 0. The highest BCUT2D eigenvalue weighted by Gasteiger charge is 2.06. The number of aromatic carboxylic acids is 1. The van der Waals surface area contributed by atoms with Gasteiger partial charge in [0.15, 0.2) is 0 Å². The minimum absolute atomic E-state index is 0.0278. The minimum Gasteiger partial charge on any atom is -0.478 e. The average Bonchev–Trinajstić information content (AvgIpc) is 2.67. The Balaban J connectivity index is 0.000000146. The van der Waals surface area contributed by atoms with Crippen LogP contribution in [0, 0.1) is 5.82 Å². The summed E-state index contributed by atoms with van der Waals surface area (Å²) in [4.78, 5) is 10.2. The first-order chi connectivity index (χ1) is 12.6. The van der Waals surface area contributed by atoms with Gasteiger partial charge in [-0.05, 0) is 50.5 Å². The molecular formula is C23H15FO2. The van der Waals surface area contributed by atoms with E-state index in [1.54, 1.807) is 0 Å². The molecule has 0 aliphatic heterocycles. The van der Waals surface area contributed by atoms with Gasteiger partial charge in [0.05, 0.1) is 5.56 Å². The van der Waals surface area contributed by atoms with Crippen LogP contribution in [0.2, 0.25) is 0 Å². The lowest BCUT2D eigenvalue weighted by atomic mass is 9.95. The number of rotatable bonds is 1. The normalized spacial score (nSPS) is 10.8. The Bertz CT molecular complexity index is 1100. The van der Waals surface area contributed by atoms with E-state index in [2.05, 4.69) is 60.7 Å². The van der Waals surface area contributed by atoms with Crippen LogP contribution < -0.4 is 0 Å². The summed E-state index contributed by atoms with van der Waals surface area (Å²) in [7, 11) is 0. The van der Waals surface area contributed by atoms with Gasteiger partial charge < -0.3 is 5.11 Å². The van der Waals surface area contributed by atoms with Crippen LogP contribution in [-0.4, -0.2) is 11.1 Å². The summed E-state index contributed by atoms with van der Waals surface area (Å²) in [5.41, 5.74) is -0.0278. The maximum Gasteiger partial charge on any atom is 0.335 e. The first-order valence-electron chi connectivity index (χ1n) is 8.25. The van der Waals surface area contributed by atoms with E-state index in [4.69, 9.17) is 5.11 Å². The van der Waals surface area contributed by atoms with Crippen LogP contribution in [0.15, 0.2) is 84.9 Å². The van der Waals surface area contributed by atoms with Crippen molar-refractivity contribution in [2.24, 2.45) is 0 Å². The van der Waals surface area contributed by atoms with Gasteiger partial charge in [0, 0.05) is 0 Å². The molecule has 0 heterocycles. The molecule has 2 nitrogen and oxygen atoms in total. The molecule has 0 fully saturated rings. The molecule has 3 heteroatoms. The largest absolute Gasteiger partial charge is 0.478 e. The number of hydrogen-bond acceptors (Lipinski definition) is 1. The number of hydrogen-bond donors (Lipinski definition) is 1. The molecule has 0 aromatic heterocycles. The summed E-state index contributed by atoms with van der Waals surface area (Å²) >= 11 is 0. The Morgan fingerprint density at radius 2 is 1.08 bits per heavy atom. The summed E-state index contributed by atoms with van der Waals surface area (Å²) in [5.74, 6) is -1.64. The SMILES string of the molecule is O=C(O)c1cccc(F)c1.c1cc2ccc3cccc4ccc(c1)c2c34. The van der Waals surface area contributed by atoms with Crippen LogP contribution in [-0.2, 0) is 0 Å². The maximum absolute atomic E-state index is 12.3. The Labute approximate surface area is 149 Å². The predicted octanol–water partition coefficient (Wildman–Crippen LogP) is 6.11. The van der Waals surface area contributed by atoms with Crippen molar-refractivity contribution in [1.29, 1.82) is 0 Å². The Morgan fingerprint density at radius 1 is 0.654 bits per heavy atom. The van der Waals surface area contributed by atoms with Crippen molar-refractivity contribution in [3.8, 4) is 0 Å². The molecule has 0 amide bonds. The van der Waals surface area contributed by atoms with E-state index in [1.165, 1.54) is 50.5 Å². The zero-order chi connectivity index (χ0) is 18.1. The van der Waals surface area contributed by atoms with E-state index >= 15 is 0 Å². The first-order valence-corrected chi connectivity index (χ1v) is 8.25. The molecular weight excluding hydrogens is 327 g/mol. The fraction of sp³-hybridized carbons (Fsp3) is 0. The molecule has 5 aromatic rings. The van der Waals surface area contributed by atoms with Crippen LogP contribution in [0.3, 0.4) is 0 Å². The molecule has 5 rings (SSSR count). The van der Waals surface area contributed by atoms with Gasteiger partial charge in [-0.2, -0.15) is 0 Å². The number of halogens is 1. The van der Waals surface area contributed by atoms with Gasteiger partial charge in [0.25, 0.3) is 0 Å². The molecule has 0 bridgehead atoms. The molecule has 5 aromatic carbocycles. The van der Waals surface area contributed by atoms with Crippen molar-refractivity contribution in [2.75, 3.05) is 0 Å². The number of carboxylic acids is 1. The van der Waals surface area contributed by atoms with E-state index < -0.39 is 11.8 Å². The van der Waals surface area contributed by atoms with Crippen molar-refractivity contribution in [3.63, 3.8) is 0 Å². The Kier molecular flexibility index (Phi) is 3.98. The molecule has 0 atom stereocenters. The third-order valence-corrected chi connectivity index (χ3v) is 4.46. The maximum atomic E-state index is 12.3. The first kappa shape index (κ1) is 16.0. The Morgan fingerprint density at radius 3 is 1.42 bits per heavy atom. The number of carboxylic acid groups (broad SMARTS) is 1. The molecule has 0 radical (unpaired) electrons. The zero-order valence-corrected chi connectivity index (χ0v) is 13.8. The van der Waals surface area contributed by atoms with Gasteiger partial charge in [0.1, 0.15) is 5.82 Å². The topological polar surface area (TPSA) is 37.3 Å². The second-order valence-electron chi connectivity index (χ2n) is 6.11. The molecule has 0 saturated heterocycles. The van der Waals surface area contributed by atoms with Crippen LogP contribution in [0.5, 0.6) is 0 Å². The number of benzene rings is 5. The summed E-state index contributed by atoms with van der Waals surface area (Å²) < 4.78 is 12.3. The fourth-order valence-corrected chi connectivity index (χ4v) is 3.29. The molecule has 26 heavy (non-hydrogen) atoms. The predicted molar refractivity (Wildman–Crippen MR) is 104 cm³/mol. The Hall–Kier alpha value is -3.46. The lowest BCUT2D eigenvalue weighted by molar-refractivity contribution is 0.0696. The third kappa shape index (κ3) is 2.84. The van der Waals surface area contributed by atoms with Gasteiger partial charge in [0.2, 0.25) is 0 Å². The lowest BCUT2D eigenvalue weighted by Crippen LogP contribution is -1.95. The number of carbonyl (C=O) groups is 1. The zero-order valence-electron chi connectivity index (χ0n) is 13.8. The smallest absolute Gasteiger partial charge is 0.335 e. The van der Waals surface area contributed by atoms with E-state index in [-0.39, 0.29) is 5.56 Å². The molecule has 0 saturated carbocycles. The van der Waals surface area contributed by atoms with E-state index in [1.807, 2.05) is 0 Å². The van der Waals surface area contributed by atoms with Gasteiger partial charge in [-0.1, -0.05) is 66.7 Å². The molecule has 0 spiro atoms. The molecule has 0 aliphatic rings. The molecule has 126 valence electrons. The van der Waals surface area contributed by atoms with Crippen molar-refractivity contribution in [2.45, 2.75) is 0 Å². The summed E-state index contributed by atoms with van der Waals surface area (Å²) in [6, 6.07) is 26.7. The monoisotopic (exact) mass is 342 g/mol. The highest BCUT2D eigenvalue weighted by atomic mass is 19.1. The highest BCUT2D eigenvalue weighted by Crippen LogP contribution is 2.33. The van der Waals surface area contributed by atoms with E-state index in [0.717, 1.165) is 6.07 Å². The molecule has 1 N–H and O–H groups in total. The van der Waals surface area contributed by atoms with Crippen molar-refractivity contribution in [1.82, 2.24) is 0 Å². The van der Waals surface area contributed by atoms with Crippen LogP contribution in [0.4, 0.5) is 4.39 Å². The second-order valence-corrected chi connectivity index (χ2v) is 6.11.